The number of methoxy groups -OCH3 is 1. The van der Waals surface area contributed by atoms with E-state index in [-0.39, 0.29) is 35.4 Å². The molecule has 4 N–H and O–H groups in total. The third kappa shape index (κ3) is 6.94. The van der Waals surface area contributed by atoms with Crippen molar-refractivity contribution in [1.82, 2.24) is 35.1 Å². The Morgan fingerprint density at radius 2 is 1.44 bits per heavy atom. The van der Waals surface area contributed by atoms with E-state index in [4.69, 9.17) is 9.47 Å². The van der Waals surface area contributed by atoms with E-state index < -0.39 is 18.2 Å². The standard InChI is InChI=1S/C39H47N7O6/c1-23(2)33(44-38(50)51-4)37(49)45-17-5-7-31(45)34-40-20-29(42-34)27-12-8-25(9-13-27)26-10-14-28(15-11-26)30-21-41-35(43-30)32-19-39(16-6-18-52-39)22-46(32)36(48)24(3)47/h8-15,20-21,23-24,31-33,47H,5-7,16-19,22H2,1-4H3,(H,40,42)(H,41,43)(H,44,50)/t24-,31-,32-,33-,39-/m0/s1. The zero-order valence-corrected chi connectivity index (χ0v) is 30.1. The summed E-state index contributed by atoms with van der Waals surface area (Å²) in [7, 11) is 1.29. The molecule has 3 aliphatic rings. The molecular formula is C39H47N7O6. The largest absolute Gasteiger partial charge is 0.453 e. The van der Waals surface area contributed by atoms with Crippen molar-refractivity contribution < 1.29 is 29.0 Å². The van der Waals surface area contributed by atoms with Gasteiger partial charge in [-0.1, -0.05) is 62.4 Å². The Kier molecular flexibility index (Phi) is 9.90. The Hall–Kier alpha value is -5.01. The first-order valence-electron chi connectivity index (χ1n) is 18.1. The molecule has 52 heavy (non-hydrogen) atoms. The summed E-state index contributed by atoms with van der Waals surface area (Å²) in [6, 6.07) is 15.3. The molecule has 1 spiro atoms. The maximum atomic E-state index is 13.5. The number of alkyl carbamates (subject to hydrolysis) is 1. The number of carbonyl (C=O) groups is 3. The molecule has 5 atom stereocenters. The molecule has 0 aliphatic carbocycles. The first-order valence-corrected chi connectivity index (χ1v) is 18.1. The Balaban J connectivity index is 1.02. The number of aromatic nitrogens is 4. The van der Waals surface area contributed by atoms with Gasteiger partial charge >= 0.3 is 6.09 Å². The first-order chi connectivity index (χ1) is 25.1. The zero-order valence-electron chi connectivity index (χ0n) is 30.1. The van der Waals surface area contributed by atoms with Crippen molar-refractivity contribution in [1.29, 1.82) is 0 Å². The third-order valence-corrected chi connectivity index (χ3v) is 10.7. The summed E-state index contributed by atoms with van der Waals surface area (Å²) in [5, 5.41) is 12.8. The summed E-state index contributed by atoms with van der Waals surface area (Å²) in [5.41, 5.74) is 5.41. The first kappa shape index (κ1) is 35.4. The molecule has 4 aromatic rings. The highest BCUT2D eigenvalue weighted by Crippen LogP contribution is 2.45. The van der Waals surface area contributed by atoms with Gasteiger partial charge in [0.25, 0.3) is 5.91 Å². The number of nitrogens with one attached hydrogen (secondary N) is 3. The van der Waals surface area contributed by atoms with Crippen molar-refractivity contribution in [2.45, 2.75) is 82.7 Å². The predicted octanol–water partition coefficient (Wildman–Crippen LogP) is 5.38. The molecule has 3 aliphatic heterocycles. The number of hydrogen-bond donors (Lipinski definition) is 4. The van der Waals surface area contributed by atoms with Crippen LogP contribution in [0.2, 0.25) is 0 Å². The van der Waals surface area contributed by atoms with Gasteiger partial charge in [-0.25, -0.2) is 14.8 Å². The monoisotopic (exact) mass is 709 g/mol. The average Bonchev–Trinajstić information content (AvgIpc) is 4.01. The lowest BCUT2D eigenvalue weighted by Crippen LogP contribution is -2.51. The Labute approximate surface area is 303 Å². The smallest absolute Gasteiger partial charge is 0.407 e. The highest BCUT2D eigenvalue weighted by atomic mass is 16.5. The molecule has 3 saturated heterocycles. The van der Waals surface area contributed by atoms with Crippen LogP contribution in [0.1, 0.15) is 76.6 Å². The lowest BCUT2D eigenvalue weighted by atomic mass is 9.96. The van der Waals surface area contributed by atoms with Crippen LogP contribution in [-0.4, -0.2) is 97.3 Å². The van der Waals surface area contributed by atoms with Gasteiger partial charge in [0.05, 0.1) is 55.1 Å². The summed E-state index contributed by atoms with van der Waals surface area (Å²) in [6.07, 6.45) is 6.04. The summed E-state index contributed by atoms with van der Waals surface area (Å²) < 4.78 is 10.9. The normalized spacial score (nSPS) is 22.7. The summed E-state index contributed by atoms with van der Waals surface area (Å²) >= 11 is 0. The zero-order chi connectivity index (χ0) is 36.6. The number of aromatic amines is 2. The number of hydrogen-bond acceptors (Lipinski definition) is 8. The Morgan fingerprint density at radius 1 is 0.865 bits per heavy atom. The van der Waals surface area contributed by atoms with Crippen LogP contribution in [-0.2, 0) is 19.1 Å². The Bertz CT molecular complexity index is 1890. The average molecular weight is 710 g/mol. The molecule has 13 heteroatoms. The molecule has 5 heterocycles. The topological polar surface area (TPSA) is 166 Å². The van der Waals surface area contributed by atoms with E-state index in [1.165, 1.54) is 14.0 Å². The molecule has 13 nitrogen and oxygen atoms in total. The van der Waals surface area contributed by atoms with Crippen LogP contribution in [0.15, 0.2) is 60.9 Å². The number of nitrogens with zero attached hydrogens (tertiary/aromatic N) is 4. The van der Waals surface area contributed by atoms with Gasteiger partial charge in [-0.2, -0.15) is 0 Å². The molecule has 0 bridgehead atoms. The fraction of sp³-hybridized carbons (Fsp3) is 0.462. The second-order valence-electron chi connectivity index (χ2n) is 14.6. The van der Waals surface area contributed by atoms with Gasteiger partial charge in [-0.15, -0.1) is 0 Å². The minimum atomic E-state index is -1.09. The number of H-pyrrole nitrogens is 2. The number of ether oxygens (including phenoxy) is 2. The molecule has 0 radical (unpaired) electrons. The van der Waals surface area contributed by atoms with E-state index in [2.05, 4.69) is 73.8 Å². The number of imidazole rings is 2. The number of benzene rings is 2. The second kappa shape index (κ2) is 14.5. The minimum absolute atomic E-state index is 0.101. The molecule has 7 rings (SSSR count). The molecule has 2 aromatic carbocycles. The van der Waals surface area contributed by atoms with Crippen LogP contribution in [0.25, 0.3) is 33.6 Å². The van der Waals surface area contributed by atoms with Gasteiger partial charge in [0.2, 0.25) is 5.91 Å². The van der Waals surface area contributed by atoms with Crippen LogP contribution in [0.4, 0.5) is 4.79 Å². The van der Waals surface area contributed by atoms with Crippen LogP contribution in [0.3, 0.4) is 0 Å². The third-order valence-electron chi connectivity index (χ3n) is 10.7. The van der Waals surface area contributed by atoms with Crippen molar-refractivity contribution in [2.24, 2.45) is 5.92 Å². The lowest BCUT2D eigenvalue weighted by molar-refractivity contribution is -0.141. The maximum absolute atomic E-state index is 13.5. The van der Waals surface area contributed by atoms with E-state index in [0.717, 1.165) is 65.1 Å². The fourth-order valence-electron chi connectivity index (χ4n) is 7.89. The van der Waals surface area contributed by atoms with Crippen molar-refractivity contribution in [3.8, 4) is 33.6 Å². The van der Waals surface area contributed by atoms with E-state index >= 15 is 0 Å². The maximum Gasteiger partial charge on any atom is 0.407 e. The van der Waals surface area contributed by atoms with Gasteiger partial charge in [0, 0.05) is 19.6 Å². The molecule has 2 aromatic heterocycles. The second-order valence-corrected chi connectivity index (χ2v) is 14.6. The van der Waals surface area contributed by atoms with E-state index in [1.54, 1.807) is 17.3 Å². The molecule has 274 valence electrons. The molecule has 3 fully saturated rings. The van der Waals surface area contributed by atoms with Crippen molar-refractivity contribution >= 4 is 17.9 Å². The van der Waals surface area contributed by atoms with Gasteiger partial charge in [-0.05, 0) is 60.8 Å². The van der Waals surface area contributed by atoms with Crippen molar-refractivity contribution in [3.63, 3.8) is 0 Å². The quantitative estimate of drug-likeness (QED) is 0.180. The predicted molar refractivity (Wildman–Crippen MR) is 194 cm³/mol. The van der Waals surface area contributed by atoms with Crippen LogP contribution >= 0.6 is 0 Å². The summed E-state index contributed by atoms with van der Waals surface area (Å²) in [4.78, 5) is 58.1. The van der Waals surface area contributed by atoms with E-state index in [9.17, 15) is 19.5 Å². The number of aliphatic hydroxyl groups is 1. The lowest BCUT2D eigenvalue weighted by Gasteiger charge is -2.30. The number of rotatable bonds is 9. The molecular weight excluding hydrogens is 662 g/mol. The highest BCUT2D eigenvalue weighted by Gasteiger charge is 2.50. The van der Waals surface area contributed by atoms with Crippen LogP contribution < -0.4 is 5.32 Å². The number of amides is 3. The number of aliphatic hydroxyl groups excluding tert-OH is 1. The van der Waals surface area contributed by atoms with Gasteiger partial charge in [0.15, 0.2) is 0 Å². The number of carbonyl (C=O) groups excluding carboxylic acids is 3. The van der Waals surface area contributed by atoms with Crippen molar-refractivity contribution in [3.05, 3.63) is 72.6 Å². The van der Waals surface area contributed by atoms with Gasteiger partial charge < -0.3 is 39.7 Å². The van der Waals surface area contributed by atoms with Gasteiger partial charge in [0.1, 0.15) is 23.8 Å². The SMILES string of the molecule is COC(=O)N[C@H](C(=O)N1CCC[C@H]1c1ncc(-c2ccc(-c3ccc(-c4cnc([C@@H]5C[C@@]6(CCCO6)CN5C(=O)[C@H](C)O)[nH]4)cc3)cc2)[nH]1)C(C)C. The van der Waals surface area contributed by atoms with E-state index in [1.807, 2.05) is 18.7 Å². The van der Waals surface area contributed by atoms with Gasteiger partial charge in [-0.3, -0.25) is 9.59 Å². The van der Waals surface area contributed by atoms with Crippen LogP contribution in [0, 0.1) is 5.92 Å². The molecule has 0 unspecified atom stereocenters. The fourth-order valence-corrected chi connectivity index (χ4v) is 7.89. The minimum Gasteiger partial charge on any atom is -0.453 e. The highest BCUT2D eigenvalue weighted by molar-refractivity contribution is 5.86. The van der Waals surface area contributed by atoms with E-state index in [0.29, 0.717) is 31.9 Å². The Morgan fingerprint density at radius 3 is 1.96 bits per heavy atom. The molecule has 0 saturated carbocycles. The van der Waals surface area contributed by atoms with Crippen LogP contribution in [0.5, 0.6) is 0 Å². The summed E-state index contributed by atoms with van der Waals surface area (Å²) in [5.74, 6) is 0.875. The summed E-state index contributed by atoms with van der Waals surface area (Å²) in [6.45, 7) is 7.05. The molecule has 3 amide bonds. The number of likely N-dealkylation sites (tertiary alicyclic amines) is 2. The van der Waals surface area contributed by atoms with Crippen molar-refractivity contribution in [2.75, 3.05) is 26.8 Å².